The number of aliphatic imine (C=N–C) groups is 1. The predicted octanol–water partition coefficient (Wildman–Crippen LogP) is 6.74. The number of amidine groups is 1. The minimum absolute atomic E-state index is 0.166. The van der Waals surface area contributed by atoms with Gasteiger partial charge in [0.2, 0.25) is 0 Å². The zero-order chi connectivity index (χ0) is 23.1. The molecule has 5 rings (SSSR count). The predicted molar refractivity (Wildman–Crippen MR) is 134 cm³/mol. The van der Waals surface area contributed by atoms with Crippen LogP contribution in [0.15, 0.2) is 83.5 Å². The van der Waals surface area contributed by atoms with Crippen LogP contribution >= 0.6 is 34.5 Å². The molecule has 2 heterocycles. The minimum atomic E-state index is -1.01. The van der Waals surface area contributed by atoms with Gasteiger partial charge in [-0.05, 0) is 54.1 Å². The first-order chi connectivity index (χ1) is 15.9. The van der Waals surface area contributed by atoms with E-state index in [4.69, 9.17) is 28.3 Å². The fourth-order valence-corrected chi connectivity index (χ4v) is 5.16. The standard InChI is InChI=1S/C25H14Cl2N2O3S/c26-16-9-11-17(12-10-16)29-23(22-21(27)18-3-1-2-4-20(18)33-22)28-19(24(29)30)13-14-5-7-15(8-6-14)25(31)32/h1-13H,(H,31,32)/b19-13+. The first kappa shape index (κ1) is 21.4. The van der Waals surface area contributed by atoms with Gasteiger partial charge in [-0.1, -0.05) is 53.5 Å². The molecule has 0 fully saturated rings. The zero-order valence-electron chi connectivity index (χ0n) is 16.8. The Morgan fingerprint density at radius 2 is 1.67 bits per heavy atom. The van der Waals surface area contributed by atoms with Gasteiger partial charge in [-0.3, -0.25) is 9.69 Å². The molecule has 0 saturated heterocycles. The molecule has 1 amide bonds. The summed E-state index contributed by atoms with van der Waals surface area (Å²) in [5.41, 5.74) is 1.66. The van der Waals surface area contributed by atoms with Gasteiger partial charge in [0.05, 0.1) is 21.2 Å². The van der Waals surface area contributed by atoms with Crippen molar-refractivity contribution in [2.75, 3.05) is 4.90 Å². The molecule has 0 saturated carbocycles. The molecule has 1 aliphatic heterocycles. The van der Waals surface area contributed by atoms with Gasteiger partial charge >= 0.3 is 5.97 Å². The fourth-order valence-electron chi connectivity index (χ4n) is 3.54. The monoisotopic (exact) mass is 492 g/mol. The van der Waals surface area contributed by atoms with Gasteiger partial charge in [0.15, 0.2) is 5.84 Å². The number of hydrogen-bond acceptors (Lipinski definition) is 4. The Labute approximate surface area is 202 Å². The van der Waals surface area contributed by atoms with Crippen LogP contribution in [0.2, 0.25) is 10.0 Å². The number of hydrogen-bond donors (Lipinski definition) is 1. The minimum Gasteiger partial charge on any atom is -0.478 e. The number of aromatic carboxylic acids is 1. The Bertz CT molecular complexity index is 1470. The average Bonchev–Trinajstić information content (AvgIpc) is 3.32. The maximum atomic E-state index is 13.5. The molecule has 0 radical (unpaired) electrons. The summed E-state index contributed by atoms with van der Waals surface area (Å²) in [5.74, 6) is -0.898. The first-order valence-electron chi connectivity index (χ1n) is 9.83. The van der Waals surface area contributed by atoms with E-state index in [9.17, 15) is 9.59 Å². The zero-order valence-corrected chi connectivity index (χ0v) is 19.2. The first-order valence-corrected chi connectivity index (χ1v) is 11.4. The molecule has 162 valence electrons. The SMILES string of the molecule is O=C(O)c1ccc(/C=C2/N=C(c3sc4ccccc4c3Cl)N(c3ccc(Cl)cc3)C2=O)cc1. The third kappa shape index (κ3) is 3.93. The maximum Gasteiger partial charge on any atom is 0.335 e. The molecule has 4 aromatic rings. The van der Waals surface area contributed by atoms with Crippen molar-refractivity contribution in [2.45, 2.75) is 0 Å². The van der Waals surface area contributed by atoms with Crippen molar-refractivity contribution in [3.8, 4) is 0 Å². The van der Waals surface area contributed by atoms with Crippen molar-refractivity contribution in [1.82, 2.24) is 0 Å². The van der Waals surface area contributed by atoms with E-state index in [0.717, 1.165) is 10.1 Å². The van der Waals surface area contributed by atoms with E-state index in [0.29, 0.717) is 32.0 Å². The number of carbonyl (C=O) groups is 2. The topological polar surface area (TPSA) is 70.0 Å². The molecular weight excluding hydrogens is 479 g/mol. The highest BCUT2D eigenvalue weighted by atomic mass is 35.5. The highest BCUT2D eigenvalue weighted by molar-refractivity contribution is 7.21. The number of carboxylic acids is 1. The van der Waals surface area contributed by atoms with Crippen molar-refractivity contribution < 1.29 is 14.7 Å². The van der Waals surface area contributed by atoms with Crippen LogP contribution in [0.1, 0.15) is 20.8 Å². The largest absolute Gasteiger partial charge is 0.478 e. The number of thiophene rings is 1. The summed E-state index contributed by atoms with van der Waals surface area (Å²) in [7, 11) is 0. The number of benzene rings is 3. The molecule has 0 spiro atoms. The summed E-state index contributed by atoms with van der Waals surface area (Å²) in [4.78, 5) is 31.4. The van der Waals surface area contributed by atoms with E-state index in [2.05, 4.69) is 4.99 Å². The van der Waals surface area contributed by atoms with Crippen LogP contribution in [0, 0.1) is 0 Å². The van der Waals surface area contributed by atoms with Crippen molar-refractivity contribution in [2.24, 2.45) is 4.99 Å². The number of rotatable bonds is 4. The second kappa shape index (κ2) is 8.48. The Balaban J connectivity index is 1.64. The molecule has 1 aliphatic rings. The van der Waals surface area contributed by atoms with Gasteiger partial charge in [-0.25, -0.2) is 9.79 Å². The Kier molecular flexibility index (Phi) is 5.50. The van der Waals surface area contributed by atoms with Gasteiger partial charge in [0.25, 0.3) is 5.91 Å². The number of fused-ring (bicyclic) bond motifs is 1. The molecule has 3 aromatic carbocycles. The smallest absolute Gasteiger partial charge is 0.335 e. The molecule has 0 bridgehead atoms. The number of nitrogens with zero attached hydrogens (tertiary/aromatic N) is 2. The van der Waals surface area contributed by atoms with Crippen LogP contribution in [0.5, 0.6) is 0 Å². The normalized spacial score (nSPS) is 14.8. The highest BCUT2D eigenvalue weighted by Gasteiger charge is 2.35. The Hall–Kier alpha value is -3.45. The van der Waals surface area contributed by atoms with Crippen LogP contribution in [-0.2, 0) is 4.79 Å². The Morgan fingerprint density at radius 1 is 0.970 bits per heavy atom. The Morgan fingerprint density at radius 3 is 2.33 bits per heavy atom. The second-order valence-electron chi connectivity index (χ2n) is 7.25. The summed E-state index contributed by atoms with van der Waals surface area (Å²) in [6.45, 7) is 0. The number of carbonyl (C=O) groups excluding carboxylic acids is 1. The molecule has 33 heavy (non-hydrogen) atoms. The van der Waals surface area contributed by atoms with E-state index in [1.807, 2.05) is 24.3 Å². The van der Waals surface area contributed by atoms with Gasteiger partial charge in [0.1, 0.15) is 5.70 Å². The molecular formula is C25H14Cl2N2O3S. The van der Waals surface area contributed by atoms with Crippen LogP contribution in [0.25, 0.3) is 16.2 Å². The molecule has 0 atom stereocenters. The van der Waals surface area contributed by atoms with E-state index >= 15 is 0 Å². The van der Waals surface area contributed by atoms with E-state index < -0.39 is 5.97 Å². The van der Waals surface area contributed by atoms with Gasteiger partial charge in [-0.15, -0.1) is 11.3 Å². The van der Waals surface area contributed by atoms with E-state index in [-0.39, 0.29) is 17.2 Å². The van der Waals surface area contributed by atoms with E-state index in [1.165, 1.54) is 28.4 Å². The number of halogens is 2. The van der Waals surface area contributed by atoms with E-state index in [1.54, 1.807) is 42.5 Å². The number of anilines is 1. The summed E-state index contributed by atoms with van der Waals surface area (Å²) < 4.78 is 0.991. The summed E-state index contributed by atoms with van der Waals surface area (Å²) in [6, 6.07) is 20.9. The highest BCUT2D eigenvalue weighted by Crippen LogP contribution is 2.39. The lowest BCUT2D eigenvalue weighted by Crippen LogP contribution is -2.32. The third-order valence-corrected chi connectivity index (χ3v) is 7.07. The average molecular weight is 493 g/mol. The van der Waals surface area contributed by atoms with Crippen molar-refractivity contribution in [3.05, 3.63) is 105 Å². The van der Waals surface area contributed by atoms with Gasteiger partial charge in [0, 0.05) is 15.1 Å². The number of amides is 1. The summed E-state index contributed by atoms with van der Waals surface area (Å²) >= 11 is 14.2. The lowest BCUT2D eigenvalue weighted by Gasteiger charge is -2.18. The maximum absolute atomic E-state index is 13.5. The van der Waals surface area contributed by atoms with Crippen molar-refractivity contribution >= 4 is 74.1 Å². The molecule has 1 N–H and O–H groups in total. The second-order valence-corrected chi connectivity index (χ2v) is 9.12. The lowest BCUT2D eigenvalue weighted by molar-refractivity contribution is -0.113. The quantitative estimate of drug-likeness (QED) is 0.320. The molecule has 0 unspecified atom stereocenters. The van der Waals surface area contributed by atoms with Gasteiger partial charge in [-0.2, -0.15) is 0 Å². The summed E-state index contributed by atoms with van der Waals surface area (Å²) in [6.07, 6.45) is 1.63. The molecule has 1 aromatic heterocycles. The van der Waals surface area contributed by atoms with Gasteiger partial charge < -0.3 is 5.11 Å². The van der Waals surface area contributed by atoms with Crippen molar-refractivity contribution in [1.29, 1.82) is 0 Å². The molecule has 0 aliphatic carbocycles. The molecule has 8 heteroatoms. The van der Waals surface area contributed by atoms with Crippen LogP contribution < -0.4 is 4.90 Å². The third-order valence-electron chi connectivity index (χ3n) is 5.14. The lowest BCUT2D eigenvalue weighted by atomic mass is 10.1. The van der Waals surface area contributed by atoms with Crippen LogP contribution in [-0.4, -0.2) is 22.8 Å². The summed E-state index contributed by atoms with van der Waals surface area (Å²) in [5, 5.41) is 11.1. The molecule has 5 nitrogen and oxygen atoms in total. The van der Waals surface area contributed by atoms with Crippen LogP contribution in [0.4, 0.5) is 5.69 Å². The number of carboxylic acid groups (broad SMARTS) is 1. The van der Waals surface area contributed by atoms with Crippen molar-refractivity contribution in [3.63, 3.8) is 0 Å². The fraction of sp³-hybridized carbons (Fsp3) is 0. The van der Waals surface area contributed by atoms with Crippen LogP contribution in [0.3, 0.4) is 0 Å².